The predicted molar refractivity (Wildman–Crippen MR) is 102 cm³/mol. The smallest absolute Gasteiger partial charge is 0.334 e. The lowest BCUT2D eigenvalue weighted by Crippen LogP contribution is -2.55. The van der Waals surface area contributed by atoms with Gasteiger partial charge in [0.25, 0.3) is 0 Å². The molecule has 3 aliphatic heterocycles. The summed E-state index contributed by atoms with van der Waals surface area (Å²) in [5.41, 5.74) is 1.16. The monoisotopic (exact) mass is 376 g/mol. The molecule has 3 aliphatic rings. The van der Waals surface area contributed by atoms with E-state index in [-0.39, 0.29) is 42.1 Å². The third-order valence-corrected chi connectivity index (χ3v) is 6.45. The maximum Gasteiger partial charge on any atom is 0.334 e. The molecule has 0 aromatic heterocycles. The van der Waals surface area contributed by atoms with E-state index < -0.39 is 5.60 Å². The van der Waals surface area contributed by atoms with Crippen LogP contribution in [0.2, 0.25) is 0 Å². The van der Waals surface area contributed by atoms with Crippen molar-refractivity contribution in [2.75, 3.05) is 0 Å². The van der Waals surface area contributed by atoms with Crippen LogP contribution in [-0.4, -0.2) is 35.9 Å². The molecule has 6 atom stereocenters. The summed E-state index contributed by atoms with van der Waals surface area (Å²) in [6, 6.07) is 0. The first-order valence-electron chi connectivity index (χ1n) is 10.1. The van der Waals surface area contributed by atoms with Crippen LogP contribution in [0.15, 0.2) is 23.8 Å². The molecular weight excluding hydrogens is 344 g/mol. The van der Waals surface area contributed by atoms with Crippen LogP contribution in [-0.2, 0) is 23.8 Å². The molecular formula is C22H32O5. The van der Waals surface area contributed by atoms with Crippen molar-refractivity contribution in [2.45, 2.75) is 90.1 Å². The Hall–Kier alpha value is -1.62. The molecule has 2 saturated heterocycles. The highest BCUT2D eigenvalue weighted by Gasteiger charge is 2.54. The standard InChI is InChI=1S/C22H32O5/c1-13-8-6-10-14(2)19-20-17(15(3)21(24)26-20)12-18(25-19)22(5,11-7-9-13)27-16(4)23/h9,14,17-20H,3,6-8,10-12H2,1-2,4-5H3/b13-9-. The van der Waals surface area contributed by atoms with Gasteiger partial charge in [0, 0.05) is 18.4 Å². The molecule has 0 radical (unpaired) electrons. The number of carbonyl (C=O) groups excluding carboxylic acids is 2. The Morgan fingerprint density at radius 3 is 2.81 bits per heavy atom. The van der Waals surface area contributed by atoms with E-state index in [9.17, 15) is 9.59 Å². The molecule has 0 aromatic rings. The summed E-state index contributed by atoms with van der Waals surface area (Å²) in [4.78, 5) is 24.0. The molecule has 150 valence electrons. The van der Waals surface area contributed by atoms with E-state index in [1.54, 1.807) is 0 Å². The quantitative estimate of drug-likeness (QED) is 0.391. The molecule has 6 unspecified atom stereocenters. The van der Waals surface area contributed by atoms with E-state index >= 15 is 0 Å². The molecule has 5 heteroatoms. The van der Waals surface area contributed by atoms with Crippen LogP contribution in [0.25, 0.3) is 0 Å². The van der Waals surface area contributed by atoms with Gasteiger partial charge in [0.2, 0.25) is 0 Å². The van der Waals surface area contributed by atoms with Gasteiger partial charge in [-0.2, -0.15) is 0 Å². The fraction of sp³-hybridized carbons (Fsp3) is 0.727. The first-order valence-corrected chi connectivity index (χ1v) is 10.1. The lowest BCUT2D eigenvalue weighted by Gasteiger charge is -2.46. The second-order valence-electron chi connectivity index (χ2n) is 8.69. The topological polar surface area (TPSA) is 61.8 Å². The lowest BCUT2D eigenvalue weighted by molar-refractivity contribution is -0.220. The van der Waals surface area contributed by atoms with E-state index in [2.05, 4.69) is 26.5 Å². The van der Waals surface area contributed by atoms with Gasteiger partial charge in [0.15, 0.2) is 0 Å². The van der Waals surface area contributed by atoms with Gasteiger partial charge >= 0.3 is 11.9 Å². The van der Waals surface area contributed by atoms with Gasteiger partial charge in [0.1, 0.15) is 11.7 Å². The van der Waals surface area contributed by atoms with Gasteiger partial charge in [-0.15, -0.1) is 0 Å². The van der Waals surface area contributed by atoms with Crippen LogP contribution in [0, 0.1) is 11.8 Å². The molecule has 3 rings (SSSR count). The van der Waals surface area contributed by atoms with Crippen molar-refractivity contribution >= 4 is 11.9 Å². The SMILES string of the molecule is C=C1C(=O)OC2C1CC1OC2C(C)CCC/C(C)=C\CCC1(C)OC(C)=O. The lowest BCUT2D eigenvalue weighted by atomic mass is 9.76. The minimum Gasteiger partial charge on any atom is -0.457 e. The van der Waals surface area contributed by atoms with Crippen LogP contribution < -0.4 is 0 Å². The average Bonchev–Trinajstić information content (AvgIpc) is 2.87. The zero-order valence-electron chi connectivity index (χ0n) is 17.0. The van der Waals surface area contributed by atoms with Crippen LogP contribution in [0.4, 0.5) is 0 Å². The number of rotatable bonds is 1. The van der Waals surface area contributed by atoms with Crippen LogP contribution in [0.3, 0.4) is 0 Å². The molecule has 0 saturated carbocycles. The number of ether oxygens (including phenoxy) is 3. The number of fused-ring (bicyclic) bond motifs is 4. The van der Waals surface area contributed by atoms with Gasteiger partial charge in [-0.25, -0.2) is 4.79 Å². The first kappa shape index (κ1) is 20.1. The number of hydrogen-bond donors (Lipinski definition) is 0. The van der Waals surface area contributed by atoms with Crippen LogP contribution in [0.5, 0.6) is 0 Å². The van der Waals surface area contributed by atoms with E-state index in [1.807, 2.05) is 6.92 Å². The van der Waals surface area contributed by atoms with Gasteiger partial charge in [-0.1, -0.05) is 25.2 Å². The van der Waals surface area contributed by atoms with Gasteiger partial charge in [-0.05, 0) is 58.3 Å². The number of hydrogen-bond acceptors (Lipinski definition) is 5. The van der Waals surface area contributed by atoms with E-state index in [0.717, 1.165) is 25.7 Å². The molecule has 5 nitrogen and oxygen atoms in total. The second kappa shape index (κ2) is 7.78. The fourth-order valence-corrected chi connectivity index (χ4v) is 4.79. The highest BCUT2D eigenvalue weighted by atomic mass is 16.6. The maximum atomic E-state index is 12.2. The Kier molecular flexibility index (Phi) is 5.80. The summed E-state index contributed by atoms with van der Waals surface area (Å²) in [6.07, 6.45) is 6.73. The van der Waals surface area contributed by atoms with Crippen molar-refractivity contribution in [3.8, 4) is 0 Å². The van der Waals surface area contributed by atoms with Gasteiger partial charge < -0.3 is 14.2 Å². The fourth-order valence-electron chi connectivity index (χ4n) is 4.79. The Morgan fingerprint density at radius 2 is 2.11 bits per heavy atom. The van der Waals surface area contributed by atoms with Crippen molar-refractivity contribution < 1.29 is 23.8 Å². The van der Waals surface area contributed by atoms with Crippen LogP contribution >= 0.6 is 0 Å². The zero-order valence-corrected chi connectivity index (χ0v) is 17.0. The number of carbonyl (C=O) groups is 2. The summed E-state index contributed by atoms with van der Waals surface area (Å²) in [6.45, 7) is 11.7. The van der Waals surface area contributed by atoms with Gasteiger partial charge in [-0.3, -0.25) is 4.79 Å². The minimum absolute atomic E-state index is 0.0706. The number of esters is 2. The maximum absolute atomic E-state index is 12.2. The summed E-state index contributed by atoms with van der Waals surface area (Å²) >= 11 is 0. The highest BCUT2D eigenvalue weighted by Crippen LogP contribution is 2.45. The van der Waals surface area contributed by atoms with Gasteiger partial charge in [0.05, 0.1) is 12.2 Å². The molecule has 0 aliphatic carbocycles. The Bertz CT molecular complexity index is 651. The number of allylic oxidation sites excluding steroid dienone is 2. The molecule has 2 fully saturated rings. The molecule has 2 bridgehead atoms. The van der Waals surface area contributed by atoms with E-state index in [0.29, 0.717) is 18.4 Å². The Balaban J connectivity index is 1.96. The highest BCUT2D eigenvalue weighted by molar-refractivity contribution is 5.91. The largest absolute Gasteiger partial charge is 0.457 e. The van der Waals surface area contributed by atoms with Crippen molar-refractivity contribution in [1.29, 1.82) is 0 Å². The third-order valence-electron chi connectivity index (χ3n) is 6.45. The molecule has 0 aromatic carbocycles. The molecule has 0 amide bonds. The van der Waals surface area contributed by atoms with Crippen molar-refractivity contribution in [1.82, 2.24) is 0 Å². The third kappa shape index (κ3) is 4.13. The van der Waals surface area contributed by atoms with E-state index in [4.69, 9.17) is 14.2 Å². The minimum atomic E-state index is -0.739. The molecule has 0 N–H and O–H groups in total. The summed E-state index contributed by atoms with van der Waals surface area (Å²) in [7, 11) is 0. The van der Waals surface area contributed by atoms with Crippen molar-refractivity contribution in [3.05, 3.63) is 23.8 Å². The Labute approximate surface area is 162 Å². The first-order chi connectivity index (χ1) is 12.7. The Morgan fingerprint density at radius 1 is 1.37 bits per heavy atom. The van der Waals surface area contributed by atoms with Crippen molar-refractivity contribution in [2.24, 2.45) is 11.8 Å². The summed E-state index contributed by atoms with van der Waals surface area (Å²) < 4.78 is 18.0. The second-order valence-corrected chi connectivity index (χ2v) is 8.69. The molecule has 3 heterocycles. The summed E-state index contributed by atoms with van der Waals surface area (Å²) in [5.74, 6) is -0.452. The van der Waals surface area contributed by atoms with Crippen molar-refractivity contribution in [3.63, 3.8) is 0 Å². The summed E-state index contributed by atoms with van der Waals surface area (Å²) in [5, 5.41) is 0. The molecule has 27 heavy (non-hydrogen) atoms. The predicted octanol–water partition coefficient (Wildman–Crippen LogP) is 4.11. The normalized spacial score (nSPS) is 42.1. The molecule has 0 spiro atoms. The van der Waals surface area contributed by atoms with Crippen LogP contribution in [0.1, 0.15) is 66.2 Å². The van der Waals surface area contributed by atoms with E-state index in [1.165, 1.54) is 12.5 Å². The zero-order chi connectivity index (χ0) is 19.8. The average molecular weight is 376 g/mol.